The molecule has 4 aliphatic rings. The second kappa shape index (κ2) is 9.38. The summed E-state index contributed by atoms with van der Waals surface area (Å²) in [6.07, 6.45) is -0.272. The van der Waals surface area contributed by atoms with E-state index in [0.29, 0.717) is 11.8 Å². The number of fused-ring (bicyclic) bond motifs is 3. The van der Waals surface area contributed by atoms with Crippen molar-refractivity contribution in [1.29, 1.82) is 0 Å². The molecular weight excluding hydrogens is 440 g/mol. The first-order valence-corrected chi connectivity index (χ1v) is 12.8. The maximum Gasteiger partial charge on any atom is 0.186 e. The highest BCUT2D eigenvalue weighted by Gasteiger charge is 2.57. The van der Waals surface area contributed by atoms with Crippen LogP contribution in [0.4, 0.5) is 0 Å². The van der Waals surface area contributed by atoms with Gasteiger partial charge in [0.25, 0.3) is 0 Å². The van der Waals surface area contributed by atoms with Crippen molar-refractivity contribution in [3.05, 3.63) is 11.6 Å². The normalized spacial score (nSPS) is 49.5. The number of hydrogen-bond donors (Lipinski definition) is 6. The lowest BCUT2D eigenvalue weighted by atomic mass is 9.45. The Morgan fingerprint density at radius 2 is 1.76 bits per heavy atom. The van der Waals surface area contributed by atoms with Crippen molar-refractivity contribution in [2.24, 2.45) is 28.1 Å². The molecule has 3 fully saturated rings. The van der Waals surface area contributed by atoms with E-state index in [1.54, 1.807) is 0 Å². The smallest absolute Gasteiger partial charge is 0.186 e. The molecule has 0 aromatic heterocycles. The average molecular weight is 485 g/mol. The van der Waals surface area contributed by atoms with E-state index in [-0.39, 0.29) is 23.5 Å². The van der Waals surface area contributed by atoms with E-state index >= 15 is 0 Å². The molecule has 34 heavy (non-hydrogen) atoms. The van der Waals surface area contributed by atoms with Crippen LogP contribution in [0.15, 0.2) is 11.6 Å². The minimum atomic E-state index is -1.50. The summed E-state index contributed by atoms with van der Waals surface area (Å²) >= 11 is 0. The van der Waals surface area contributed by atoms with Crippen LogP contribution < -0.4 is 0 Å². The Morgan fingerprint density at radius 3 is 2.44 bits per heavy atom. The summed E-state index contributed by atoms with van der Waals surface area (Å²) in [7, 11) is 0. The fraction of sp³-hybridized carbons (Fsp3) is 0.923. The molecular formula is C26H44O8. The highest BCUT2D eigenvalue weighted by atomic mass is 16.7. The first kappa shape index (κ1) is 26.5. The van der Waals surface area contributed by atoms with Crippen molar-refractivity contribution in [3.8, 4) is 0 Å². The van der Waals surface area contributed by atoms with Crippen molar-refractivity contribution < 1.29 is 40.1 Å². The second-order valence-corrected chi connectivity index (χ2v) is 12.6. The van der Waals surface area contributed by atoms with Gasteiger partial charge in [0.05, 0.1) is 25.4 Å². The molecule has 0 aromatic carbocycles. The van der Waals surface area contributed by atoms with Gasteiger partial charge < -0.3 is 40.1 Å². The molecule has 1 aliphatic heterocycles. The van der Waals surface area contributed by atoms with E-state index in [1.165, 1.54) is 5.57 Å². The van der Waals surface area contributed by atoms with Crippen LogP contribution >= 0.6 is 0 Å². The number of ether oxygens (including phenoxy) is 2. The van der Waals surface area contributed by atoms with Gasteiger partial charge in [-0.2, -0.15) is 0 Å². The van der Waals surface area contributed by atoms with Crippen LogP contribution in [0.5, 0.6) is 0 Å². The highest BCUT2D eigenvalue weighted by Crippen LogP contribution is 2.63. The van der Waals surface area contributed by atoms with Crippen LogP contribution in [0, 0.1) is 28.1 Å². The lowest BCUT2D eigenvalue weighted by molar-refractivity contribution is -0.306. The zero-order valence-electron chi connectivity index (χ0n) is 20.9. The summed E-state index contributed by atoms with van der Waals surface area (Å²) in [5.74, 6) is 0.924. The standard InChI is InChI=1S/C26H44O8/c1-24(2)10-15(28)11-26(4)16-7-8-25(3,9-14(16)5-6-18(24)26)19(29)13-33-23-22(32)21(31)20(30)17(12-27)34-23/h5,15-23,27-32H,6-13H2,1-4H3. The highest BCUT2D eigenvalue weighted by molar-refractivity contribution is 5.24. The average Bonchev–Trinajstić information content (AvgIpc) is 2.75. The first-order valence-electron chi connectivity index (χ1n) is 12.8. The van der Waals surface area contributed by atoms with Crippen LogP contribution in [0.3, 0.4) is 0 Å². The fourth-order valence-corrected chi connectivity index (χ4v) is 7.79. The van der Waals surface area contributed by atoms with Crippen LogP contribution in [-0.4, -0.2) is 86.8 Å². The molecule has 1 saturated heterocycles. The Balaban J connectivity index is 1.42. The molecule has 6 N–H and O–H groups in total. The number of hydrogen-bond acceptors (Lipinski definition) is 8. The van der Waals surface area contributed by atoms with Gasteiger partial charge in [-0.25, -0.2) is 0 Å². The van der Waals surface area contributed by atoms with Crippen LogP contribution in [0.1, 0.15) is 66.2 Å². The van der Waals surface area contributed by atoms with Crippen LogP contribution in [0.2, 0.25) is 0 Å². The zero-order chi connectivity index (χ0) is 25.1. The van der Waals surface area contributed by atoms with Gasteiger partial charge in [0.15, 0.2) is 6.29 Å². The van der Waals surface area contributed by atoms with Gasteiger partial charge in [-0.1, -0.05) is 39.3 Å². The number of aliphatic hydroxyl groups excluding tert-OH is 6. The Kier molecular flexibility index (Phi) is 7.30. The second-order valence-electron chi connectivity index (χ2n) is 12.6. The predicted molar refractivity (Wildman–Crippen MR) is 124 cm³/mol. The SMILES string of the molecule is CC1(C)CC(O)CC2(C)C3CCC(C)(C(O)COC4OC(CO)C(O)C(O)C4O)CC3=CCC12. The van der Waals surface area contributed by atoms with Crippen LogP contribution in [0.25, 0.3) is 0 Å². The van der Waals surface area contributed by atoms with Gasteiger partial charge in [-0.05, 0) is 66.6 Å². The Hall–Kier alpha value is -0.580. The van der Waals surface area contributed by atoms with Crippen molar-refractivity contribution >= 4 is 0 Å². The lowest BCUT2D eigenvalue weighted by Gasteiger charge is -2.60. The van der Waals surface area contributed by atoms with Crippen molar-refractivity contribution in [2.75, 3.05) is 13.2 Å². The minimum Gasteiger partial charge on any atom is -0.394 e. The van der Waals surface area contributed by atoms with Crippen molar-refractivity contribution in [3.63, 3.8) is 0 Å². The Morgan fingerprint density at radius 1 is 1.06 bits per heavy atom. The van der Waals surface area contributed by atoms with Crippen molar-refractivity contribution in [1.82, 2.24) is 0 Å². The lowest BCUT2D eigenvalue weighted by Crippen LogP contribution is -2.59. The minimum absolute atomic E-state index is 0.0460. The Labute approximate surface area is 202 Å². The molecule has 8 nitrogen and oxygen atoms in total. The fourth-order valence-electron chi connectivity index (χ4n) is 7.79. The van der Waals surface area contributed by atoms with Gasteiger partial charge >= 0.3 is 0 Å². The largest absolute Gasteiger partial charge is 0.394 e. The number of allylic oxidation sites excluding steroid dienone is 2. The molecule has 0 spiro atoms. The molecule has 1 heterocycles. The summed E-state index contributed by atoms with van der Waals surface area (Å²) in [4.78, 5) is 0. The predicted octanol–water partition coefficient (Wildman–Crippen LogP) is 1.10. The third kappa shape index (κ3) is 4.50. The Bertz CT molecular complexity index is 768. The van der Waals surface area contributed by atoms with E-state index in [9.17, 15) is 30.6 Å². The summed E-state index contributed by atoms with van der Waals surface area (Å²) in [5.41, 5.74) is 1.09. The van der Waals surface area contributed by atoms with Gasteiger partial charge in [-0.3, -0.25) is 0 Å². The summed E-state index contributed by atoms with van der Waals surface area (Å²) in [6, 6.07) is 0. The van der Waals surface area contributed by atoms with E-state index in [1.807, 2.05) is 0 Å². The zero-order valence-corrected chi connectivity index (χ0v) is 20.9. The van der Waals surface area contributed by atoms with Gasteiger partial charge in [0.1, 0.15) is 24.4 Å². The topological polar surface area (TPSA) is 140 Å². The van der Waals surface area contributed by atoms with Gasteiger partial charge in [0.2, 0.25) is 0 Å². The molecule has 4 rings (SSSR count). The maximum atomic E-state index is 11.1. The number of aliphatic hydroxyl groups is 6. The van der Waals surface area contributed by atoms with E-state index < -0.39 is 48.8 Å². The van der Waals surface area contributed by atoms with Gasteiger partial charge in [-0.15, -0.1) is 0 Å². The van der Waals surface area contributed by atoms with Crippen LogP contribution in [-0.2, 0) is 9.47 Å². The molecule has 2 saturated carbocycles. The molecule has 11 unspecified atom stereocenters. The third-order valence-electron chi connectivity index (χ3n) is 9.72. The molecule has 0 radical (unpaired) electrons. The summed E-state index contributed by atoms with van der Waals surface area (Å²) < 4.78 is 11.1. The molecule has 0 bridgehead atoms. The van der Waals surface area contributed by atoms with Crippen molar-refractivity contribution in [2.45, 2.75) is 109 Å². The van der Waals surface area contributed by atoms with E-state index in [2.05, 4.69) is 33.8 Å². The third-order valence-corrected chi connectivity index (χ3v) is 9.72. The summed E-state index contributed by atoms with van der Waals surface area (Å²) in [6.45, 7) is 8.35. The summed E-state index contributed by atoms with van der Waals surface area (Å²) in [5, 5.41) is 61.3. The maximum absolute atomic E-state index is 11.1. The first-order chi connectivity index (χ1) is 15.8. The molecule has 3 aliphatic carbocycles. The molecule has 196 valence electrons. The quantitative estimate of drug-likeness (QED) is 0.319. The van der Waals surface area contributed by atoms with Gasteiger partial charge in [0, 0.05) is 0 Å². The molecule has 8 heteroatoms. The monoisotopic (exact) mass is 484 g/mol. The van der Waals surface area contributed by atoms with E-state index in [4.69, 9.17) is 9.47 Å². The number of rotatable bonds is 5. The van der Waals surface area contributed by atoms with E-state index in [0.717, 1.165) is 38.5 Å². The molecule has 11 atom stereocenters. The molecule has 0 aromatic rings. The molecule has 0 amide bonds.